The van der Waals surface area contributed by atoms with Gasteiger partial charge in [0.25, 0.3) is 5.56 Å². The van der Waals surface area contributed by atoms with Crippen LogP contribution in [0.2, 0.25) is 0 Å². The number of aliphatic hydroxyl groups excluding tert-OH is 1. The minimum atomic E-state index is -0.583. The summed E-state index contributed by atoms with van der Waals surface area (Å²) >= 11 is 0. The third-order valence-corrected chi connectivity index (χ3v) is 5.83. The van der Waals surface area contributed by atoms with Crippen molar-refractivity contribution in [1.29, 1.82) is 0 Å². The Bertz CT molecular complexity index is 1120. The van der Waals surface area contributed by atoms with Crippen LogP contribution in [0.4, 0.5) is 5.82 Å². The maximum atomic E-state index is 13.4. The van der Waals surface area contributed by atoms with Gasteiger partial charge in [0.05, 0.1) is 19.2 Å². The van der Waals surface area contributed by atoms with Crippen molar-refractivity contribution in [3.05, 3.63) is 98.7 Å². The summed E-state index contributed by atoms with van der Waals surface area (Å²) in [4.78, 5) is 28.4. The molecule has 168 valence electrons. The number of hydrogen-bond donors (Lipinski definition) is 2. The van der Waals surface area contributed by atoms with E-state index in [1.54, 1.807) is 4.57 Å². The molecule has 32 heavy (non-hydrogen) atoms. The zero-order valence-electron chi connectivity index (χ0n) is 18.2. The number of anilines is 1. The first kappa shape index (κ1) is 22.0. The van der Waals surface area contributed by atoms with Crippen LogP contribution < -0.4 is 16.6 Å². The first-order chi connectivity index (χ1) is 15.6. The second kappa shape index (κ2) is 10.4. The summed E-state index contributed by atoms with van der Waals surface area (Å²) in [6, 6.07) is 20.6. The van der Waals surface area contributed by atoms with E-state index in [1.165, 1.54) is 10.6 Å². The van der Waals surface area contributed by atoms with Gasteiger partial charge in [0.15, 0.2) is 0 Å². The number of β-amino-alcohol motifs (C(OH)–C–C–N with tert-alkyl or cyclic N) is 1. The lowest BCUT2D eigenvalue weighted by molar-refractivity contribution is 0.135. The van der Waals surface area contributed by atoms with Crippen LogP contribution in [0.25, 0.3) is 0 Å². The molecule has 4 rings (SSSR count). The highest BCUT2D eigenvalue weighted by Crippen LogP contribution is 2.10. The largest absolute Gasteiger partial charge is 0.390 e. The molecule has 1 aliphatic heterocycles. The van der Waals surface area contributed by atoms with Crippen molar-refractivity contribution in [2.45, 2.75) is 32.0 Å². The van der Waals surface area contributed by atoms with E-state index in [0.29, 0.717) is 18.9 Å². The third-order valence-electron chi connectivity index (χ3n) is 5.83. The summed E-state index contributed by atoms with van der Waals surface area (Å²) in [5.74, 6) is 0.425. The molecule has 0 radical (unpaired) electrons. The van der Waals surface area contributed by atoms with Crippen LogP contribution in [0.3, 0.4) is 0 Å². The van der Waals surface area contributed by atoms with E-state index in [2.05, 4.69) is 10.2 Å². The molecular formula is C25H30N4O3. The van der Waals surface area contributed by atoms with Gasteiger partial charge in [-0.25, -0.2) is 4.79 Å². The van der Waals surface area contributed by atoms with Crippen molar-refractivity contribution < 1.29 is 5.11 Å². The van der Waals surface area contributed by atoms with Crippen molar-refractivity contribution >= 4 is 5.82 Å². The monoisotopic (exact) mass is 434 g/mol. The van der Waals surface area contributed by atoms with Crippen molar-refractivity contribution in [3.63, 3.8) is 0 Å². The van der Waals surface area contributed by atoms with Crippen LogP contribution in [0.15, 0.2) is 76.3 Å². The summed E-state index contributed by atoms with van der Waals surface area (Å²) in [6.45, 7) is 3.41. The van der Waals surface area contributed by atoms with Gasteiger partial charge in [-0.1, -0.05) is 60.7 Å². The van der Waals surface area contributed by atoms with Gasteiger partial charge < -0.3 is 15.3 Å². The van der Waals surface area contributed by atoms with E-state index < -0.39 is 6.10 Å². The first-order valence-corrected chi connectivity index (χ1v) is 11.2. The fourth-order valence-corrected chi connectivity index (χ4v) is 4.14. The Morgan fingerprint density at radius 1 is 0.844 bits per heavy atom. The average Bonchev–Trinajstić information content (AvgIpc) is 3.32. The van der Waals surface area contributed by atoms with E-state index in [1.807, 2.05) is 60.7 Å². The minimum Gasteiger partial charge on any atom is -0.390 e. The van der Waals surface area contributed by atoms with E-state index in [0.717, 1.165) is 37.1 Å². The zero-order chi connectivity index (χ0) is 22.3. The Morgan fingerprint density at radius 3 is 2.00 bits per heavy atom. The average molecular weight is 435 g/mol. The van der Waals surface area contributed by atoms with Crippen molar-refractivity contribution in [1.82, 2.24) is 14.0 Å². The van der Waals surface area contributed by atoms with E-state index >= 15 is 0 Å². The Kier molecular flexibility index (Phi) is 7.19. The second-order valence-electron chi connectivity index (χ2n) is 8.34. The van der Waals surface area contributed by atoms with Gasteiger partial charge in [-0.05, 0) is 37.1 Å². The highest BCUT2D eigenvalue weighted by atomic mass is 16.3. The number of nitrogens with one attached hydrogen (secondary N) is 1. The maximum absolute atomic E-state index is 13.4. The number of aliphatic hydroxyl groups is 1. The molecule has 7 heteroatoms. The zero-order valence-corrected chi connectivity index (χ0v) is 18.2. The molecule has 2 heterocycles. The summed E-state index contributed by atoms with van der Waals surface area (Å²) < 4.78 is 2.83. The predicted molar refractivity (Wildman–Crippen MR) is 126 cm³/mol. The number of likely N-dealkylation sites (tertiary alicyclic amines) is 1. The minimum absolute atomic E-state index is 0.213. The number of nitrogens with zero attached hydrogens (tertiary/aromatic N) is 3. The molecule has 1 saturated heterocycles. The maximum Gasteiger partial charge on any atom is 0.333 e. The van der Waals surface area contributed by atoms with Crippen LogP contribution in [-0.2, 0) is 13.1 Å². The standard InChI is InChI=1S/C25H30N4O3/c30-22(19-27-13-7-8-14-27)16-26-23-15-24(31)29(18-21-11-5-2-6-12-21)25(32)28(23)17-20-9-3-1-4-10-20/h1-6,9-12,15,22,26,30H,7-8,13-14,16-19H2. The number of benzene rings is 2. The van der Waals surface area contributed by atoms with E-state index in [-0.39, 0.29) is 24.3 Å². The Labute approximate surface area is 187 Å². The number of rotatable bonds is 9. The fraction of sp³-hybridized carbons (Fsp3) is 0.360. The second-order valence-corrected chi connectivity index (χ2v) is 8.34. The first-order valence-electron chi connectivity index (χ1n) is 11.2. The molecule has 1 atom stereocenters. The van der Waals surface area contributed by atoms with E-state index in [4.69, 9.17) is 0 Å². The molecule has 0 aliphatic carbocycles. The molecule has 1 aromatic heterocycles. The van der Waals surface area contributed by atoms with Crippen LogP contribution >= 0.6 is 0 Å². The SMILES string of the molecule is O=c1cc(NCC(O)CN2CCCC2)n(Cc2ccccc2)c(=O)n1Cc1ccccc1. The molecule has 1 unspecified atom stereocenters. The number of aromatic nitrogens is 2. The molecule has 3 aromatic rings. The molecular weight excluding hydrogens is 404 g/mol. The van der Waals surface area contributed by atoms with Gasteiger partial charge in [-0.15, -0.1) is 0 Å². The molecule has 2 aromatic carbocycles. The van der Waals surface area contributed by atoms with Gasteiger partial charge in [0.2, 0.25) is 0 Å². The van der Waals surface area contributed by atoms with Crippen molar-refractivity contribution in [2.75, 3.05) is 31.5 Å². The smallest absolute Gasteiger partial charge is 0.333 e. The Balaban J connectivity index is 1.60. The molecule has 0 saturated carbocycles. The van der Waals surface area contributed by atoms with Gasteiger partial charge in [-0.2, -0.15) is 0 Å². The molecule has 7 nitrogen and oxygen atoms in total. The molecule has 0 amide bonds. The van der Waals surface area contributed by atoms with Crippen molar-refractivity contribution in [2.24, 2.45) is 0 Å². The van der Waals surface area contributed by atoms with Crippen LogP contribution in [-0.4, -0.2) is 51.4 Å². The highest BCUT2D eigenvalue weighted by molar-refractivity contribution is 5.36. The fourth-order valence-electron chi connectivity index (χ4n) is 4.14. The quantitative estimate of drug-likeness (QED) is 0.538. The van der Waals surface area contributed by atoms with Gasteiger partial charge in [0.1, 0.15) is 5.82 Å². The van der Waals surface area contributed by atoms with E-state index in [9.17, 15) is 14.7 Å². The Hall–Kier alpha value is -3.16. The molecule has 0 spiro atoms. The lowest BCUT2D eigenvalue weighted by atomic mass is 10.2. The molecule has 2 N–H and O–H groups in total. The summed E-state index contributed by atoms with van der Waals surface area (Å²) in [5, 5.41) is 13.6. The summed E-state index contributed by atoms with van der Waals surface area (Å²) in [7, 11) is 0. The highest BCUT2D eigenvalue weighted by Gasteiger charge is 2.17. The molecule has 0 bridgehead atoms. The number of hydrogen-bond acceptors (Lipinski definition) is 5. The van der Waals surface area contributed by atoms with Gasteiger partial charge >= 0.3 is 5.69 Å². The van der Waals surface area contributed by atoms with Crippen LogP contribution in [0.1, 0.15) is 24.0 Å². The lowest BCUT2D eigenvalue weighted by Crippen LogP contribution is -2.42. The third kappa shape index (κ3) is 5.55. The van der Waals surface area contributed by atoms with Gasteiger partial charge in [-0.3, -0.25) is 13.9 Å². The normalized spacial score (nSPS) is 15.0. The predicted octanol–water partition coefficient (Wildman–Crippen LogP) is 1.98. The Morgan fingerprint density at radius 2 is 1.41 bits per heavy atom. The molecule has 1 aliphatic rings. The lowest BCUT2D eigenvalue weighted by Gasteiger charge is -2.21. The molecule has 1 fully saturated rings. The van der Waals surface area contributed by atoms with Crippen molar-refractivity contribution in [3.8, 4) is 0 Å². The van der Waals surface area contributed by atoms with Gasteiger partial charge in [0, 0.05) is 19.2 Å². The topological polar surface area (TPSA) is 79.5 Å². The van der Waals surface area contributed by atoms with Crippen LogP contribution in [0.5, 0.6) is 0 Å². The summed E-state index contributed by atoms with van der Waals surface area (Å²) in [6.07, 6.45) is 1.74. The summed E-state index contributed by atoms with van der Waals surface area (Å²) in [5.41, 5.74) is 1.11. The van der Waals surface area contributed by atoms with Crippen LogP contribution in [0, 0.1) is 0 Å².